The number of likely N-dealkylation sites (N-methyl/N-ethyl adjacent to an activating group) is 1. The Kier molecular flexibility index (Phi) is 4.71. The second kappa shape index (κ2) is 5.72. The summed E-state index contributed by atoms with van der Waals surface area (Å²) in [6.07, 6.45) is -1.15. The van der Waals surface area contributed by atoms with E-state index in [1.807, 2.05) is 19.1 Å². The highest BCUT2D eigenvalue weighted by molar-refractivity contribution is 5.96. The molecule has 0 aliphatic carbocycles. The molecule has 1 atom stereocenters. The third-order valence-electron chi connectivity index (χ3n) is 3.26. The summed E-state index contributed by atoms with van der Waals surface area (Å²) >= 11 is 0. The van der Waals surface area contributed by atoms with Gasteiger partial charge in [0.15, 0.2) is 0 Å². The van der Waals surface area contributed by atoms with Gasteiger partial charge in [0.05, 0.1) is 0 Å². The Bertz CT molecular complexity index is 464. The smallest absolute Gasteiger partial charge is 0.256 e. The molecule has 0 saturated carbocycles. The maximum atomic E-state index is 11.9. The Balaban J connectivity index is 3.06. The van der Waals surface area contributed by atoms with Gasteiger partial charge in [0, 0.05) is 19.3 Å². The number of aryl methyl sites for hydroxylation is 1. The average Bonchev–Trinajstić information content (AvgIpc) is 2.34. The van der Waals surface area contributed by atoms with Gasteiger partial charge in [-0.1, -0.05) is 32.9 Å². The van der Waals surface area contributed by atoms with Crippen LogP contribution in [0.4, 0.5) is 5.69 Å². The molecule has 1 aromatic carbocycles. The van der Waals surface area contributed by atoms with Crippen LogP contribution in [0.2, 0.25) is 0 Å². The number of carbonyl (C=O) groups is 1. The van der Waals surface area contributed by atoms with Crippen LogP contribution in [-0.4, -0.2) is 30.7 Å². The van der Waals surface area contributed by atoms with Crippen LogP contribution < -0.4 is 10.6 Å². The molecule has 0 spiro atoms. The minimum atomic E-state index is -1.15. The van der Waals surface area contributed by atoms with Gasteiger partial charge in [-0.15, -0.1) is 0 Å². The Morgan fingerprint density at radius 1 is 1.42 bits per heavy atom. The molecule has 0 saturated heterocycles. The van der Waals surface area contributed by atoms with E-state index in [1.165, 1.54) is 10.5 Å². The third-order valence-corrected chi connectivity index (χ3v) is 3.26. The number of aliphatic hydroxyl groups excluding tert-OH is 1. The lowest BCUT2D eigenvalue weighted by molar-refractivity contribution is -0.125. The second-order valence-electron chi connectivity index (χ2n) is 5.90. The number of hydrogen-bond acceptors (Lipinski definition) is 3. The molecule has 0 radical (unpaired) electrons. The van der Waals surface area contributed by atoms with Crippen molar-refractivity contribution in [3.63, 3.8) is 0 Å². The highest BCUT2D eigenvalue weighted by Crippen LogP contribution is 2.28. The van der Waals surface area contributed by atoms with Crippen molar-refractivity contribution in [1.29, 1.82) is 0 Å². The van der Waals surface area contributed by atoms with Crippen molar-refractivity contribution in [2.75, 3.05) is 18.5 Å². The van der Waals surface area contributed by atoms with Gasteiger partial charge in [0.2, 0.25) is 0 Å². The van der Waals surface area contributed by atoms with E-state index in [1.54, 1.807) is 7.05 Å². The number of hydrogen-bond donors (Lipinski definition) is 2. The Morgan fingerprint density at radius 3 is 2.42 bits per heavy atom. The zero-order chi connectivity index (χ0) is 14.8. The van der Waals surface area contributed by atoms with Crippen LogP contribution in [0.1, 0.15) is 31.9 Å². The van der Waals surface area contributed by atoms with E-state index in [9.17, 15) is 9.90 Å². The Labute approximate surface area is 115 Å². The number of nitrogens with zero attached hydrogens (tertiary/aromatic N) is 1. The summed E-state index contributed by atoms with van der Waals surface area (Å²) < 4.78 is 0. The predicted molar refractivity (Wildman–Crippen MR) is 78.4 cm³/mol. The minimum absolute atomic E-state index is 0.0672. The monoisotopic (exact) mass is 264 g/mol. The molecule has 1 aromatic rings. The zero-order valence-electron chi connectivity index (χ0n) is 12.4. The van der Waals surface area contributed by atoms with Gasteiger partial charge in [0.1, 0.15) is 6.10 Å². The van der Waals surface area contributed by atoms with Crippen molar-refractivity contribution >= 4 is 11.6 Å². The SMILES string of the molecule is Cc1cc(C(C)(C)C)ccc1N(C)C(=O)C(O)CN. The van der Waals surface area contributed by atoms with Gasteiger partial charge in [-0.25, -0.2) is 0 Å². The summed E-state index contributed by atoms with van der Waals surface area (Å²) in [5, 5.41) is 9.52. The van der Waals surface area contributed by atoms with Crippen molar-refractivity contribution in [1.82, 2.24) is 0 Å². The lowest BCUT2D eigenvalue weighted by Crippen LogP contribution is -2.40. The normalized spacial score (nSPS) is 13.2. The van der Waals surface area contributed by atoms with Crippen molar-refractivity contribution in [2.45, 2.75) is 39.2 Å². The molecule has 1 unspecified atom stereocenters. The highest BCUT2D eigenvalue weighted by Gasteiger charge is 2.21. The molecule has 0 heterocycles. The van der Waals surface area contributed by atoms with E-state index in [0.29, 0.717) is 0 Å². The van der Waals surface area contributed by atoms with E-state index in [2.05, 4.69) is 26.8 Å². The molecule has 0 fully saturated rings. The first-order chi connectivity index (χ1) is 8.68. The summed E-state index contributed by atoms with van der Waals surface area (Å²) in [5.74, 6) is -0.380. The van der Waals surface area contributed by atoms with Gasteiger partial charge >= 0.3 is 0 Å². The van der Waals surface area contributed by atoms with Crippen LogP contribution in [-0.2, 0) is 10.2 Å². The molecule has 0 bridgehead atoms. The van der Waals surface area contributed by atoms with Crippen LogP contribution in [0, 0.1) is 6.92 Å². The van der Waals surface area contributed by atoms with E-state index < -0.39 is 6.10 Å². The lowest BCUT2D eigenvalue weighted by Gasteiger charge is -2.25. The summed E-state index contributed by atoms with van der Waals surface area (Å²) in [4.78, 5) is 13.4. The van der Waals surface area contributed by atoms with Crippen molar-refractivity contribution in [3.05, 3.63) is 29.3 Å². The Hall–Kier alpha value is -1.39. The Morgan fingerprint density at radius 2 is 2.00 bits per heavy atom. The first-order valence-corrected chi connectivity index (χ1v) is 6.45. The van der Waals surface area contributed by atoms with Gasteiger partial charge in [-0.05, 0) is 29.5 Å². The summed E-state index contributed by atoms with van der Waals surface area (Å²) in [7, 11) is 1.65. The molecular formula is C15H24N2O2. The fourth-order valence-electron chi connectivity index (χ4n) is 1.94. The van der Waals surface area contributed by atoms with Crippen molar-refractivity contribution in [3.8, 4) is 0 Å². The van der Waals surface area contributed by atoms with Crippen LogP contribution >= 0.6 is 0 Å². The van der Waals surface area contributed by atoms with E-state index in [-0.39, 0.29) is 17.9 Å². The summed E-state index contributed by atoms with van der Waals surface area (Å²) in [6, 6.07) is 6.01. The summed E-state index contributed by atoms with van der Waals surface area (Å²) in [5.41, 5.74) is 8.40. The van der Waals surface area contributed by atoms with Gasteiger partial charge in [-0.3, -0.25) is 4.79 Å². The van der Waals surface area contributed by atoms with Gasteiger partial charge in [-0.2, -0.15) is 0 Å². The molecule has 1 rings (SSSR count). The first kappa shape index (κ1) is 15.7. The lowest BCUT2D eigenvalue weighted by atomic mass is 9.86. The van der Waals surface area contributed by atoms with Crippen LogP contribution in [0.25, 0.3) is 0 Å². The van der Waals surface area contributed by atoms with Crippen LogP contribution in [0.5, 0.6) is 0 Å². The van der Waals surface area contributed by atoms with Gasteiger partial charge in [0.25, 0.3) is 5.91 Å². The number of rotatable bonds is 3. The maximum Gasteiger partial charge on any atom is 0.256 e. The van der Waals surface area contributed by atoms with E-state index in [4.69, 9.17) is 5.73 Å². The third kappa shape index (κ3) is 3.55. The zero-order valence-corrected chi connectivity index (χ0v) is 12.4. The molecular weight excluding hydrogens is 240 g/mol. The van der Waals surface area contributed by atoms with Crippen LogP contribution in [0.3, 0.4) is 0 Å². The minimum Gasteiger partial charge on any atom is -0.382 e. The number of anilines is 1. The van der Waals surface area contributed by atoms with Crippen molar-refractivity contribution in [2.24, 2.45) is 5.73 Å². The molecule has 1 amide bonds. The molecule has 106 valence electrons. The topological polar surface area (TPSA) is 66.6 Å². The molecule has 4 heteroatoms. The number of aliphatic hydroxyl groups is 1. The predicted octanol–water partition coefficient (Wildman–Crippen LogP) is 1.57. The molecule has 3 N–H and O–H groups in total. The maximum absolute atomic E-state index is 11.9. The first-order valence-electron chi connectivity index (χ1n) is 6.45. The number of nitrogens with two attached hydrogens (primary N) is 1. The molecule has 4 nitrogen and oxygen atoms in total. The standard InChI is InChI=1S/C15H24N2O2/c1-10-8-11(15(2,3)4)6-7-12(10)17(5)14(19)13(18)9-16/h6-8,13,18H,9,16H2,1-5H3. The number of benzene rings is 1. The molecule has 19 heavy (non-hydrogen) atoms. The van der Waals surface area contributed by atoms with Crippen LogP contribution in [0.15, 0.2) is 18.2 Å². The second-order valence-corrected chi connectivity index (χ2v) is 5.90. The average molecular weight is 264 g/mol. The fraction of sp³-hybridized carbons (Fsp3) is 0.533. The number of amides is 1. The molecule has 0 aromatic heterocycles. The van der Waals surface area contributed by atoms with E-state index in [0.717, 1.165) is 11.3 Å². The highest BCUT2D eigenvalue weighted by atomic mass is 16.3. The summed E-state index contributed by atoms with van der Waals surface area (Å²) in [6.45, 7) is 8.34. The largest absolute Gasteiger partial charge is 0.382 e. The number of carbonyl (C=O) groups excluding carboxylic acids is 1. The fourth-order valence-corrected chi connectivity index (χ4v) is 1.94. The quantitative estimate of drug-likeness (QED) is 0.871. The molecule has 0 aliphatic heterocycles. The van der Waals surface area contributed by atoms with Gasteiger partial charge < -0.3 is 15.7 Å². The van der Waals surface area contributed by atoms with E-state index >= 15 is 0 Å². The molecule has 0 aliphatic rings. The van der Waals surface area contributed by atoms with Crippen molar-refractivity contribution < 1.29 is 9.90 Å².